The number of nitrogen functional groups attached to an aromatic ring is 1. The van der Waals surface area contributed by atoms with E-state index in [2.05, 4.69) is 30.9 Å². The molecular weight excluding hydrogens is 460 g/mol. The number of aromatic nitrogens is 1. The molecule has 35 heavy (non-hydrogen) atoms. The van der Waals surface area contributed by atoms with Gasteiger partial charge in [0, 0.05) is 37.6 Å². The van der Waals surface area contributed by atoms with Crippen LogP contribution in [0.3, 0.4) is 0 Å². The molecule has 186 valence electrons. The van der Waals surface area contributed by atoms with Gasteiger partial charge in [0.15, 0.2) is 5.82 Å². The van der Waals surface area contributed by atoms with Gasteiger partial charge in [0.2, 0.25) is 0 Å². The second-order valence-electron chi connectivity index (χ2n) is 10.6. The van der Waals surface area contributed by atoms with Crippen molar-refractivity contribution in [3.63, 3.8) is 0 Å². The summed E-state index contributed by atoms with van der Waals surface area (Å²) in [5.41, 5.74) is 9.67. The molecule has 2 aliphatic carbocycles. The highest BCUT2D eigenvalue weighted by atomic mass is 32.2. The van der Waals surface area contributed by atoms with E-state index in [1.807, 2.05) is 12.1 Å². The Kier molecular flexibility index (Phi) is 6.02. The number of aliphatic hydroxyl groups excluding tert-OH is 1. The number of amides is 1. The van der Waals surface area contributed by atoms with Crippen molar-refractivity contribution in [2.24, 2.45) is 17.3 Å². The van der Waals surface area contributed by atoms with Crippen LogP contribution >= 0.6 is 11.9 Å². The number of anilines is 4. The lowest BCUT2D eigenvalue weighted by Crippen LogP contribution is -2.35. The summed E-state index contributed by atoms with van der Waals surface area (Å²) in [7, 11) is 0. The van der Waals surface area contributed by atoms with Crippen LogP contribution in [0.15, 0.2) is 35.2 Å². The van der Waals surface area contributed by atoms with Gasteiger partial charge in [-0.25, -0.2) is 4.98 Å². The van der Waals surface area contributed by atoms with E-state index in [0.29, 0.717) is 23.3 Å². The largest absolute Gasteiger partial charge is 0.396 e. The second kappa shape index (κ2) is 9.19. The number of hydrogen-bond donors (Lipinski definition) is 4. The Balaban J connectivity index is 1.22. The first-order chi connectivity index (χ1) is 17.0. The van der Waals surface area contributed by atoms with Crippen molar-refractivity contribution in [3.05, 3.63) is 36.0 Å². The molecule has 0 radical (unpaired) electrons. The van der Waals surface area contributed by atoms with Crippen molar-refractivity contribution in [3.8, 4) is 0 Å². The fourth-order valence-electron chi connectivity index (χ4n) is 5.62. The van der Waals surface area contributed by atoms with Crippen molar-refractivity contribution >= 4 is 40.7 Å². The third-order valence-electron chi connectivity index (χ3n) is 8.16. The number of nitrogens with one attached hydrogen (secondary N) is 2. The predicted octanol–water partition coefficient (Wildman–Crippen LogP) is 3.34. The molecule has 2 aliphatic heterocycles. The first kappa shape index (κ1) is 22.9. The number of benzene rings is 1. The Bertz CT molecular complexity index is 1100. The third kappa shape index (κ3) is 4.81. The summed E-state index contributed by atoms with van der Waals surface area (Å²) in [4.78, 5) is 23.7. The summed E-state index contributed by atoms with van der Waals surface area (Å²) in [6, 6.07) is 9.62. The lowest BCUT2D eigenvalue weighted by molar-refractivity contribution is 0.102. The van der Waals surface area contributed by atoms with Gasteiger partial charge in [-0.05, 0) is 91.6 Å². The molecule has 4 fully saturated rings. The summed E-state index contributed by atoms with van der Waals surface area (Å²) in [5, 5.41) is 12.2. The van der Waals surface area contributed by atoms with E-state index in [1.54, 1.807) is 12.1 Å². The molecule has 8 nitrogen and oxygen atoms in total. The lowest BCUT2D eigenvalue weighted by atomic mass is 9.93. The molecule has 4 aliphatic rings. The molecule has 9 heteroatoms. The zero-order chi connectivity index (χ0) is 24.0. The van der Waals surface area contributed by atoms with E-state index in [4.69, 9.17) is 10.8 Å². The minimum atomic E-state index is -0.216. The Labute approximate surface area is 210 Å². The van der Waals surface area contributed by atoms with Gasteiger partial charge in [-0.15, -0.1) is 0 Å². The highest BCUT2D eigenvalue weighted by Gasteiger charge is 2.46. The highest BCUT2D eigenvalue weighted by molar-refractivity contribution is 7.97. The minimum Gasteiger partial charge on any atom is -0.396 e. The lowest BCUT2D eigenvalue weighted by Gasteiger charge is -2.35. The van der Waals surface area contributed by atoms with Crippen LogP contribution in [0.1, 0.15) is 42.6 Å². The molecule has 0 bridgehead atoms. The van der Waals surface area contributed by atoms with Crippen LogP contribution in [-0.2, 0) is 0 Å². The average Bonchev–Trinajstić information content (AvgIpc) is 3.77. The van der Waals surface area contributed by atoms with Gasteiger partial charge in [0.1, 0.15) is 5.69 Å². The van der Waals surface area contributed by atoms with E-state index in [0.717, 1.165) is 60.1 Å². The van der Waals surface area contributed by atoms with Gasteiger partial charge in [0.05, 0.1) is 23.7 Å². The molecule has 2 saturated carbocycles. The number of nitrogens with zero attached hydrogens (tertiary/aromatic N) is 3. The number of aliphatic hydroxyl groups is 1. The summed E-state index contributed by atoms with van der Waals surface area (Å²) in [6.07, 6.45) is 6.44. The molecule has 1 spiro atoms. The number of piperidine rings is 2. The SMILES string of the molecule is Nc1ccc(C(=O)Nc2ccc(SNCCO)cc2N2CCC3(CC2)CC3)nc1N1CC2CC2C1. The number of pyridine rings is 1. The summed E-state index contributed by atoms with van der Waals surface area (Å²) in [5.74, 6) is 2.04. The topological polar surface area (TPSA) is 107 Å². The summed E-state index contributed by atoms with van der Waals surface area (Å²) >= 11 is 1.50. The maximum atomic E-state index is 13.3. The van der Waals surface area contributed by atoms with Crippen LogP contribution < -0.4 is 25.6 Å². The second-order valence-corrected chi connectivity index (χ2v) is 11.6. The molecule has 2 aromatic rings. The summed E-state index contributed by atoms with van der Waals surface area (Å²) < 4.78 is 3.17. The number of carbonyl (C=O) groups is 1. The molecule has 5 N–H and O–H groups in total. The van der Waals surface area contributed by atoms with Crippen LogP contribution in [0.5, 0.6) is 0 Å². The van der Waals surface area contributed by atoms with Crippen molar-refractivity contribution in [1.82, 2.24) is 9.71 Å². The molecule has 6 rings (SSSR count). The molecule has 3 heterocycles. The molecule has 1 aromatic carbocycles. The Hall–Kier alpha value is -2.49. The number of nitrogens with two attached hydrogens (primary N) is 1. The molecule has 2 saturated heterocycles. The fraction of sp³-hybridized carbons (Fsp3) is 0.538. The van der Waals surface area contributed by atoms with Crippen LogP contribution in [0, 0.1) is 17.3 Å². The Morgan fingerprint density at radius 1 is 1.11 bits per heavy atom. The minimum absolute atomic E-state index is 0.0948. The van der Waals surface area contributed by atoms with Gasteiger partial charge in [-0.2, -0.15) is 0 Å². The number of rotatable bonds is 8. The van der Waals surface area contributed by atoms with E-state index in [9.17, 15) is 4.79 Å². The Morgan fingerprint density at radius 2 is 1.89 bits per heavy atom. The zero-order valence-corrected chi connectivity index (χ0v) is 20.8. The monoisotopic (exact) mass is 494 g/mol. The first-order valence-corrected chi connectivity index (χ1v) is 13.6. The van der Waals surface area contributed by atoms with E-state index < -0.39 is 0 Å². The summed E-state index contributed by atoms with van der Waals surface area (Å²) in [6.45, 7) is 4.59. The maximum absolute atomic E-state index is 13.3. The van der Waals surface area contributed by atoms with Crippen LogP contribution in [0.25, 0.3) is 0 Å². The highest BCUT2D eigenvalue weighted by Crippen LogP contribution is 2.54. The molecular formula is C26H34N6O2S. The molecule has 2 atom stereocenters. The van der Waals surface area contributed by atoms with Crippen molar-refractivity contribution in [2.45, 2.75) is 37.0 Å². The first-order valence-electron chi connectivity index (χ1n) is 12.8. The van der Waals surface area contributed by atoms with Gasteiger partial charge >= 0.3 is 0 Å². The molecule has 2 unspecified atom stereocenters. The van der Waals surface area contributed by atoms with Gasteiger partial charge in [-0.3, -0.25) is 9.52 Å². The zero-order valence-electron chi connectivity index (χ0n) is 20.0. The van der Waals surface area contributed by atoms with E-state index in [-0.39, 0.29) is 12.5 Å². The molecule has 1 aromatic heterocycles. The quantitative estimate of drug-likeness (QED) is 0.327. The third-order valence-corrected chi connectivity index (χ3v) is 9.00. The standard InChI is InChI=1S/C26H34N6O2S/c27-20-2-4-22(29-24(20)32-15-17-13-18(17)16-32)25(34)30-21-3-1-19(35-28-9-12-33)14-23(21)31-10-7-26(5-6-26)8-11-31/h1-4,14,17-18,28,33H,5-13,15-16,27H2,(H,30,34). The van der Waals surface area contributed by atoms with Gasteiger partial charge in [0.25, 0.3) is 5.91 Å². The normalized spacial score (nSPS) is 23.9. The van der Waals surface area contributed by atoms with Crippen molar-refractivity contribution < 1.29 is 9.90 Å². The van der Waals surface area contributed by atoms with Gasteiger partial charge < -0.3 is 26.0 Å². The number of fused-ring (bicyclic) bond motifs is 1. The maximum Gasteiger partial charge on any atom is 0.274 e. The molecule has 1 amide bonds. The van der Waals surface area contributed by atoms with Crippen LogP contribution in [-0.4, -0.2) is 55.3 Å². The predicted molar refractivity (Wildman–Crippen MR) is 141 cm³/mol. The Morgan fingerprint density at radius 3 is 2.60 bits per heavy atom. The van der Waals surface area contributed by atoms with Crippen molar-refractivity contribution in [1.29, 1.82) is 0 Å². The number of carbonyl (C=O) groups excluding carboxylic acids is 1. The average molecular weight is 495 g/mol. The smallest absolute Gasteiger partial charge is 0.274 e. The van der Waals surface area contributed by atoms with E-state index >= 15 is 0 Å². The number of hydrogen-bond acceptors (Lipinski definition) is 8. The van der Waals surface area contributed by atoms with E-state index in [1.165, 1.54) is 44.1 Å². The van der Waals surface area contributed by atoms with Gasteiger partial charge in [-0.1, -0.05) is 0 Å². The van der Waals surface area contributed by atoms with Crippen molar-refractivity contribution in [2.75, 3.05) is 60.2 Å². The fourth-order valence-corrected chi connectivity index (χ4v) is 6.28. The van der Waals surface area contributed by atoms with Crippen LogP contribution in [0.2, 0.25) is 0 Å². The van der Waals surface area contributed by atoms with Crippen LogP contribution in [0.4, 0.5) is 22.9 Å².